The minimum atomic E-state index is -1.65. The van der Waals surface area contributed by atoms with Gasteiger partial charge in [0.05, 0.1) is 6.61 Å². The predicted octanol–water partition coefficient (Wildman–Crippen LogP) is 1.94. The van der Waals surface area contributed by atoms with E-state index in [0.717, 1.165) is 12.0 Å². The maximum Gasteiger partial charge on any atom is 0.237 e. The summed E-state index contributed by atoms with van der Waals surface area (Å²) in [7, 11) is -1.65. The summed E-state index contributed by atoms with van der Waals surface area (Å²) < 4.78 is 30.6. The fourth-order valence-corrected chi connectivity index (χ4v) is 3.84. The second kappa shape index (κ2) is 9.57. The van der Waals surface area contributed by atoms with E-state index in [1.165, 1.54) is 29.8 Å². The average molecular weight is 404 g/mol. The number of hydrogen-bond acceptors (Lipinski definition) is 4. The predicted molar refractivity (Wildman–Crippen MR) is 105 cm³/mol. The van der Waals surface area contributed by atoms with E-state index in [0.29, 0.717) is 12.3 Å². The highest BCUT2D eigenvalue weighted by atomic mass is 32.2. The number of anilines is 1. The molecule has 2 atom stereocenters. The summed E-state index contributed by atoms with van der Waals surface area (Å²) in [5.41, 5.74) is 2.66. The van der Waals surface area contributed by atoms with Crippen LogP contribution in [-0.4, -0.2) is 40.7 Å². The molecular formula is C20H21FN2O4S. The first-order valence-corrected chi connectivity index (χ1v) is 10.4. The topological polar surface area (TPSA) is 84.5 Å². The van der Waals surface area contributed by atoms with Crippen molar-refractivity contribution in [1.82, 2.24) is 5.32 Å². The Morgan fingerprint density at radius 2 is 1.79 bits per heavy atom. The summed E-state index contributed by atoms with van der Waals surface area (Å²) >= 11 is 0. The smallest absolute Gasteiger partial charge is 0.237 e. The molecule has 1 heterocycles. The van der Waals surface area contributed by atoms with Gasteiger partial charge < -0.3 is 15.4 Å². The van der Waals surface area contributed by atoms with Gasteiger partial charge in [-0.2, -0.15) is 0 Å². The zero-order valence-electron chi connectivity index (χ0n) is 15.2. The van der Waals surface area contributed by atoms with Crippen molar-refractivity contribution in [2.75, 3.05) is 30.0 Å². The van der Waals surface area contributed by atoms with Crippen molar-refractivity contribution in [3.63, 3.8) is 0 Å². The van der Waals surface area contributed by atoms with Crippen molar-refractivity contribution >= 4 is 28.3 Å². The van der Waals surface area contributed by atoms with Crippen molar-refractivity contribution < 1.29 is 22.9 Å². The molecule has 0 fully saturated rings. The van der Waals surface area contributed by atoms with Crippen molar-refractivity contribution in [2.24, 2.45) is 0 Å². The van der Waals surface area contributed by atoms with Crippen LogP contribution in [0.25, 0.3) is 0 Å². The van der Waals surface area contributed by atoms with Crippen LogP contribution >= 0.6 is 0 Å². The van der Waals surface area contributed by atoms with Gasteiger partial charge in [-0.25, -0.2) is 4.39 Å². The number of carbonyl (C=O) groups excluding carboxylic acids is 2. The van der Waals surface area contributed by atoms with Crippen LogP contribution in [0.15, 0.2) is 48.5 Å². The molecule has 0 aliphatic carbocycles. The highest BCUT2D eigenvalue weighted by Gasteiger charge is 2.21. The molecule has 2 aromatic rings. The Kier molecular flexibility index (Phi) is 6.89. The molecule has 2 N–H and O–H groups in total. The van der Waals surface area contributed by atoms with Crippen molar-refractivity contribution in [1.29, 1.82) is 0 Å². The second-order valence-electron chi connectivity index (χ2n) is 6.40. The van der Waals surface area contributed by atoms with Crippen LogP contribution in [0.4, 0.5) is 10.1 Å². The Hall–Kier alpha value is -2.58. The van der Waals surface area contributed by atoms with E-state index in [-0.39, 0.29) is 24.2 Å². The zero-order chi connectivity index (χ0) is 19.9. The van der Waals surface area contributed by atoms with E-state index in [1.54, 1.807) is 0 Å². The second-order valence-corrected chi connectivity index (χ2v) is 7.85. The van der Waals surface area contributed by atoms with Gasteiger partial charge in [-0.15, -0.1) is 0 Å². The Morgan fingerprint density at radius 1 is 1.07 bits per heavy atom. The lowest BCUT2D eigenvalue weighted by molar-refractivity contribution is -0.119. The highest BCUT2D eigenvalue weighted by Crippen LogP contribution is 2.26. The maximum absolute atomic E-state index is 12.9. The van der Waals surface area contributed by atoms with Crippen LogP contribution in [-0.2, 0) is 31.5 Å². The molecule has 8 heteroatoms. The summed E-state index contributed by atoms with van der Waals surface area (Å²) in [6, 6.07) is 13.2. The van der Waals surface area contributed by atoms with Crippen LogP contribution in [0.2, 0.25) is 0 Å². The molecule has 0 saturated carbocycles. The van der Waals surface area contributed by atoms with E-state index in [4.69, 9.17) is 4.74 Å². The third-order valence-electron chi connectivity index (χ3n) is 4.29. The number of benzene rings is 2. The van der Waals surface area contributed by atoms with E-state index in [1.807, 2.05) is 24.3 Å². The minimum absolute atomic E-state index is 0.232. The van der Waals surface area contributed by atoms with Crippen molar-refractivity contribution in [2.45, 2.75) is 12.5 Å². The van der Waals surface area contributed by atoms with Gasteiger partial charge in [-0.3, -0.25) is 13.8 Å². The quantitative estimate of drug-likeness (QED) is 0.739. The third-order valence-corrected chi connectivity index (χ3v) is 5.46. The normalized spacial score (nSPS) is 16.7. The number of amides is 2. The molecule has 0 aromatic heterocycles. The molecule has 0 bridgehead atoms. The van der Waals surface area contributed by atoms with Crippen molar-refractivity contribution in [3.05, 3.63) is 65.5 Å². The Labute approximate surface area is 164 Å². The van der Waals surface area contributed by atoms with E-state index in [2.05, 4.69) is 10.6 Å². The van der Waals surface area contributed by atoms with Gasteiger partial charge in [0.1, 0.15) is 23.4 Å². The lowest BCUT2D eigenvalue weighted by Gasteiger charge is -2.26. The fourth-order valence-electron chi connectivity index (χ4n) is 2.98. The number of ether oxygens (including phenoxy) is 1. The Balaban J connectivity index is 1.43. The molecule has 3 rings (SSSR count). The molecular weight excluding hydrogens is 383 g/mol. The first kappa shape index (κ1) is 20.2. The number of halogens is 1. The molecule has 6 nitrogen and oxygen atoms in total. The number of carbonyl (C=O) groups is 2. The van der Waals surface area contributed by atoms with Gasteiger partial charge in [0.15, 0.2) is 0 Å². The Bertz CT molecular complexity index is 873. The van der Waals surface area contributed by atoms with Gasteiger partial charge in [-0.05, 0) is 41.8 Å². The number of rotatable bonds is 7. The molecule has 0 spiro atoms. The summed E-state index contributed by atoms with van der Waals surface area (Å²) in [5.74, 6) is -1.90. The summed E-state index contributed by atoms with van der Waals surface area (Å²) in [4.78, 5) is 23.9. The van der Waals surface area contributed by atoms with Crippen molar-refractivity contribution in [3.8, 4) is 0 Å². The van der Waals surface area contributed by atoms with Gasteiger partial charge in [0.2, 0.25) is 11.8 Å². The fraction of sp³-hybridized carbons (Fsp3) is 0.300. The standard InChI is InChI=1S/C20H21FN2O4S/c21-15-5-7-16(8-6-15)23-20(25)13-28(26)12-19(24)22-11-18-17-4-2-1-3-14(17)9-10-27-18/h1-8,18H,9-13H2,(H,22,24)(H,23,25). The maximum atomic E-state index is 12.9. The molecule has 2 unspecified atom stereocenters. The number of fused-ring (bicyclic) bond motifs is 1. The minimum Gasteiger partial charge on any atom is -0.371 e. The van der Waals surface area contributed by atoms with Crippen LogP contribution in [0.5, 0.6) is 0 Å². The van der Waals surface area contributed by atoms with E-state index >= 15 is 0 Å². The van der Waals surface area contributed by atoms with Gasteiger partial charge in [0, 0.05) is 23.0 Å². The molecule has 1 aliphatic heterocycles. The largest absolute Gasteiger partial charge is 0.371 e. The van der Waals surface area contributed by atoms with E-state index in [9.17, 15) is 18.2 Å². The van der Waals surface area contributed by atoms with Gasteiger partial charge >= 0.3 is 0 Å². The summed E-state index contributed by atoms with van der Waals surface area (Å²) in [6.07, 6.45) is 0.609. The molecule has 1 aliphatic rings. The molecule has 0 saturated heterocycles. The molecule has 148 valence electrons. The average Bonchev–Trinajstić information content (AvgIpc) is 2.68. The number of hydrogen-bond donors (Lipinski definition) is 2. The van der Waals surface area contributed by atoms with Crippen LogP contribution in [0.3, 0.4) is 0 Å². The molecule has 2 aromatic carbocycles. The first-order valence-electron chi connectivity index (χ1n) is 8.88. The first-order chi connectivity index (χ1) is 13.5. The van der Waals surface area contributed by atoms with Gasteiger partial charge in [-0.1, -0.05) is 24.3 Å². The van der Waals surface area contributed by atoms with Crippen LogP contribution in [0.1, 0.15) is 17.2 Å². The SMILES string of the molecule is O=C(CS(=O)CC(=O)Nc1ccc(F)cc1)NCC1OCCc2ccccc21. The highest BCUT2D eigenvalue weighted by molar-refractivity contribution is 7.86. The van der Waals surface area contributed by atoms with Crippen LogP contribution < -0.4 is 10.6 Å². The third kappa shape index (κ3) is 5.71. The zero-order valence-corrected chi connectivity index (χ0v) is 16.0. The Morgan fingerprint density at radius 3 is 2.57 bits per heavy atom. The van der Waals surface area contributed by atoms with Gasteiger partial charge in [0.25, 0.3) is 0 Å². The number of nitrogens with one attached hydrogen (secondary N) is 2. The molecule has 0 radical (unpaired) electrons. The molecule has 2 amide bonds. The molecule has 28 heavy (non-hydrogen) atoms. The van der Waals surface area contributed by atoms with Crippen LogP contribution in [0, 0.1) is 5.82 Å². The van der Waals surface area contributed by atoms with E-state index < -0.39 is 28.4 Å². The lowest BCUT2D eigenvalue weighted by atomic mass is 9.97. The lowest BCUT2D eigenvalue weighted by Crippen LogP contribution is -2.35. The summed E-state index contributed by atoms with van der Waals surface area (Å²) in [5, 5.41) is 5.24. The monoisotopic (exact) mass is 404 g/mol. The summed E-state index contributed by atoms with van der Waals surface area (Å²) in [6.45, 7) is 0.877.